The van der Waals surface area contributed by atoms with Gasteiger partial charge in [-0.1, -0.05) is 12.1 Å². The maximum absolute atomic E-state index is 12.1. The number of amides is 2. The molecule has 1 atom stereocenters. The van der Waals surface area contributed by atoms with Crippen LogP contribution in [0.2, 0.25) is 0 Å². The third-order valence-corrected chi connectivity index (χ3v) is 3.25. The van der Waals surface area contributed by atoms with Gasteiger partial charge in [-0.2, -0.15) is 0 Å². The number of carbonyl (C=O) groups excluding carboxylic acids is 2. The number of nitrogens with zero attached hydrogens (tertiary/aromatic N) is 1. The van der Waals surface area contributed by atoms with E-state index in [1.165, 1.54) is 4.90 Å². The van der Waals surface area contributed by atoms with Gasteiger partial charge in [-0.3, -0.25) is 14.5 Å². The monoisotopic (exact) mass is 262 g/mol. The molecule has 0 radical (unpaired) electrons. The summed E-state index contributed by atoms with van der Waals surface area (Å²) in [5.41, 5.74) is 6.54. The quantitative estimate of drug-likeness (QED) is 0.871. The Kier molecular flexibility index (Phi) is 4.16. The van der Waals surface area contributed by atoms with Crippen molar-refractivity contribution in [2.45, 2.75) is 25.3 Å². The second-order valence-electron chi connectivity index (χ2n) is 4.72. The zero-order valence-electron chi connectivity index (χ0n) is 11.0. The van der Waals surface area contributed by atoms with E-state index in [1.807, 2.05) is 18.2 Å². The Morgan fingerprint density at radius 2 is 2.32 bits per heavy atom. The summed E-state index contributed by atoms with van der Waals surface area (Å²) in [4.78, 5) is 25.2. The first-order valence-corrected chi connectivity index (χ1v) is 6.32. The van der Waals surface area contributed by atoms with E-state index in [0.717, 1.165) is 5.56 Å². The van der Waals surface area contributed by atoms with E-state index in [-0.39, 0.29) is 30.7 Å². The number of hydrogen-bond acceptors (Lipinski definition) is 4. The van der Waals surface area contributed by atoms with Crippen LogP contribution in [0.25, 0.3) is 0 Å². The number of ether oxygens (including phenoxy) is 1. The Labute approximate surface area is 112 Å². The summed E-state index contributed by atoms with van der Waals surface area (Å²) in [7, 11) is 1.58. The fourth-order valence-corrected chi connectivity index (χ4v) is 2.17. The molecule has 2 N–H and O–H groups in total. The molecular formula is C14H18N2O3. The highest BCUT2D eigenvalue weighted by atomic mass is 16.5. The summed E-state index contributed by atoms with van der Waals surface area (Å²) in [6, 6.07) is 7.18. The SMILES string of the molecule is COc1cccc(CC(=O)N2CCC(N)CC2=O)c1. The molecule has 102 valence electrons. The molecule has 1 aromatic carbocycles. The summed E-state index contributed by atoms with van der Waals surface area (Å²) in [5, 5.41) is 0. The predicted molar refractivity (Wildman–Crippen MR) is 70.6 cm³/mol. The summed E-state index contributed by atoms with van der Waals surface area (Å²) in [5.74, 6) is 0.356. The van der Waals surface area contributed by atoms with Crippen LogP contribution in [0.4, 0.5) is 0 Å². The van der Waals surface area contributed by atoms with Crippen LogP contribution in [-0.2, 0) is 16.0 Å². The molecule has 19 heavy (non-hydrogen) atoms. The van der Waals surface area contributed by atoms with Gasteiger partial charge in [0.15, 0.2) is 0 Å². The molecular weight excluding hydrogens is 244 g/mol. The third-order valence-electron chi connectivity index (χ3n) is 3.25. The Balaban J connectivity index is 2.02. The molecule has 0 spiro atoms. The van der Waals surface area contributed by atoms with Crippen molar-refractivity contribution in [1.29, 1.82) is 0 Å². The molecule has 5 nitrogen and oxygen atoms in total. The molecule has 0 aromatic heterocycles. The summed E-state index contributed by atoms with van der Waals surface area (Å²) in [6.45, 7) is 0.419. The average Bonchev–Trinajstić information content (AvgIpc) is 2.38. The number of hydrogen-bond donors (Lipinski definition) is 1. The fraction of sp³-hybridized carbons (Fsp3) is 0.429. The van der Waals surface area contributed by atoms with Crippen LogP contribution in [0.15, 0.2) is 24.3 Å². The Hall–Kier alpha value is -1.88. The number of rotatable bonds is 3. The first-order chi connectivity index (χ1) is 9.10. The van der Waals surface area contributed by atoms with Crippen molar-refractivity contribution in [1.82, 2.24) is 4.90 Å². The van der Waals surface area contributed by atoms with Gasteiger partial charge in [-0.05, 0) is 24.1 Å². The van der Waals surface area contributed by atoms with Crippen LogP contribution in [0.1, 0.15) is 18.4 Å². The number of nitrogens with two attached hydrogens (primary N) is 1. The summed E-state index contributed by atoms with van der Waals surface area (Å²) < 4.78 is 5.11. The predicted octanol–water partition coefficient (Wildman–Crippen LogP) is 0.714. The number of imide groups is 1. The molecule has 5 heteroatoms. The van der Waals surface area contributed by atoms with E-state index in [4.69, 9.17) is 10.5 Å². The van der Waals surface area contributed by atoms with Crippen molar-refractivity contribution < 1.29 is 14.3 Å². The Morgan fingerprint density at radius 3 is 3.00 bits per heavy atom. The maximum atomic E-state index is 12.1. The van der Waals surface area contributed by atoms with E-state index in [2.05, 4.69) is 0 Å². The molecule has 1 aliphatic rings. The van der Waals surface area contributed by atoms with Gasteiger partial charge in [0.25, 0.3) is 0 Å². The highest BCUT2D eigenvalue weighted by molar-refractivity contribution is 5.96. The maximum Gasteiger partial charge on any atom is 0.233 e. The number of likely N-dealkylation sites (tertiary alicyclic amines) is 1. The van der Waals surface area contributed by atoms with Gasteiger partial charge in [0.1, 0.15) is 5.75 Å². The van der Waals surface area contributed by atoms with Crippen molar-refractivity contribution in [2.24, 2.45) is 5.73 Å². The number of benzene rings is 1. The van der Waals surface area contributed by atoms with Crippen molar-refractivity contribution in [3.05, 3.63) is 29.8 Å². The van der Waals surface area contributed by atoms with E-state index < -0.39 is 0 Å². The molecule has 1 aliphatic heterocycles. The minimum Gasteiger partial charge on any atom is -0.497 e. The fourth-order valence-electron chi connectivity index (χ4n) is 2.17. The van der Waals surface area contributed by atoms with Gasteiger partial charge in [-0.15, -0.1) is 0 Å². The lowest BCUT2D eigenvalue weighted by Gasteiger charge is -2.28. The summed E-state index contributed by atoms with van der Waals surface area (Å²) in [6.07, 6.45) is 1.14. The van der Waals surface area contributed by atoms with Gasteiger partial charge >= 0.3 is 0 Å². The molecule has 0 bridgehead atoms. The summed E-state index contributed by atoms with van der Waals surface area (Å²) >= 11 is 0. The van der Waals surface area contributed by atoms with E-state index in [1.54, 1.807) is 13.2 Å². The average molecular weight is 262 g/mol. The molecule has 1 aromatic rings. The largest absolute Gasteiger partial charge is 0.497 e. The number of methoxy groups -OCH3 is 1. The second kappa shape index (κ2) is 5.84. The Morgan fingerprint density at radius 1 is 1.53 bits per heavy atom. The molecule has 0 saturated carbocycles. The van der Waals surface area contributed by atoms with Crippen LogP contribution in [0.3, 0.4) is 0 Å². The van der Waals surface area contributed by atoms with Gasteiger partial charge < -0.3 is 10.5 Å². The first kappa shape index (κ1) is 13.5. The first-order valence-electron chi connectivity index (χ1n) is 6.32. The van der Waals surface area contributed by atoms with Crippen LogP contribution >= 0.6 is 0 Å². The van der Waals surface area contributed by atoms with E-state index in [0.29, 0.717) is 18.7 Å². The zero-order chi connectivity index (χ0) is 13.8. The molecule has 2 rings (SSSR count). The highest BCUT2D eigenvalue weighted by Gasteiger charge is 2.28. The Bertz CT molecular complexity index is 487. The molecule has 1 heterocycles. The van der Waals surface area contributed by atoms with Crippen LogP contribution in [-0.4, -0.2) is 36.4 Å². The lowest BCUT2D eigenvalue weighted by atomic mass is 10.0. The minimum absolute atomic E-state index is 0.117. The standard InChI is InChI=1S/C14H18N2O3/c1-19-12-4-2-3-10(7-12)8-13(17)16-6-5-11(15)9-14(16)18/h2-4,7,11H,5-6,8-9,15H2,1H3. The van der Waals surface area contributed by atoms with Gasteiger partial charge in [0.2, 0.25) is 11.8 Å². The van der Waals surface area contributed by atoms with Crippen molar-refractivity contribution >= 4 is 11.8 Å². The van der Waals surface area contributed by atoms with Crippen molar-refractivity contribution in [2.75, 3.05) is 13.7 Å². The van der Waals surface area contributed by atoms with Crippen molar-refractivity contribution in [3.63, 3.8) is 0 Å². The molecule has 1 fully saturated rings. The lowest BCUT2D eigenvalue weighted by molar-refractivity contribution is -0.146. The topological polar surface area (TPSA) is 72.6 Å². The molecule has 1 unspecified atom stereocenters. The molecule has 2 amide bonds. The van der Waals surface area contributed by atoms with Crippen LogP contribution in [0, 0.1) is 0 Å². The lowest BCUT2D eigenvalue weighted by Crippen LogP contribution is -2.47. The third kappa shape index (κ3) is 3.32. The highest BCUT2D eigenvalue weighted by Crippen LogP contribution is 2.16. The van der Waals surface area contributed by atoms with E-state index >= 15 is 0 Å². The van der Waals surface area contributed by atoms with E-state index in [9.17, 15) is 9.59 Å². The van der Waals surface area contributed by atoms with Crippen LogP contribution in [0.5, 0.6) is 5.75 Å². The van der Waals surface area contributed by atoms with Crippen molar-refractivity contribution in [3.8, 4) is 5.75 Å². The van der Waals surface area contributed by atoms with Gasteiger partial charge in [-0.25, -0.2) is 0 Å². The smallest absolute Gasteiger partial charge is 0.233 e. The number of carbonyl (C=O) groups is 2. The molecule has 1 saturated heterocycles. The number of piperidine rings is 1. The van der Waals surface area contributed by atoms with Gasteiger partial charge in [0.05, 0.1) is 13.5 Å². The molecule has 0 aliphatic carbocycles. The van der Waals surface area contributed by atoms with Gasteiger partial charge in [0, 0.05) is 19.0 Å². The van der Waals surface area contributed by atoms with Crippen LogP contribution < -0.4 is 10.5 Å². The second-order valence-corrected chi connectivity index (χ2v) is 4.72. The minimum atomic E-state index is -0.176. The zero-order valence-corrected chi connectivity index (χ0v) is 11.0. The normalized spacial score (nSPS) is 19.4.